The number of nitrogens with one attached hydrogen (secondary N) is 2. The van der Waals surface area contributed by atoms with Gasteiger partial charge in [0.15, 0.2) is 11.5 Å². The number of carbonyl (C=O) groups is 1. The van der Waals surface area contributed by atoms with Gasteiger partial charge >= 0.3 is 6.03 Å². The van der Waals surface area contributed by atoms with Gasteiger partial charge in [0.2, 0.25) is 0 Å². The molecule has 0 aliphatic heterocycles. The Bertz CT molecular complexity index is 807. The van der Waals surface area contributed by atoms with E-state index in [9.17, 15) is 13.6 Å². The molecule has 0 fully saturated rings. The van der Waals surface area contributed by atoms with Crippen molar-refractivity contribution in [2.24, 2.45) is 5.92 Å². The predicted octanol–water partition coefficient (Wildman–Crippen LogP) is 5.67. The van der Waals surface area contributed by atoms with Crippen molar-refractivity contribution in [2.45, 2.75) is 39.7 Å². The van der Waals surface area contributed by atoms with Gasteiger partial charge in [-0.3, -0.25) is 0 Å². The maximum absolute atomic E-state index is 13.4. The molecule has 0 aliphatic carbocycles. The van der Waals surface area contributed by atoms with Crippen LogP contribution < -0.4 is 20.1 Å². The van der Waals surface area contributed by atoms with Crippen LogP contribution in [0.4, 0.5) is 19.3 Å². The van der Waals surface area contributed by atoms with Crippen molar-refractivity contribution < 1.29 is 23.0 Å². The van der Waals surface area contributed by atoms with Crippen molar-refractivity contribution in [3.05, 3.63) is 53.6 Å². The summed E-state index contributed by atoms with van der Waals surface area (Å²) in [6, 6.07) is 7.15. The molecule has 0 saturated heterocycles. The van der Waals surface area contributed by atoms with Gasteiger partial charge in [-0.1, -0.05) is 13.8 Å². The summed E-state index contributed by atoms with van der Waals surface area (Å²) in [6.07, 6.45) is 1.97. The van der Waals surface area contributed by atoms with Gasteiger partial charge in [0, 0.05) is 17.8 Å². The van der Waals surface area contributed by atoms with E-state index in [1.807, 2.05) is 0 Å². The molecule has 1 unspecified atom stereocenters. The van der Waals surface area contributed by atoms with Gasteiger partial charge in [-0.25, -0.2) is 13.6 Å². The fourth-order valence-electron chi connectivity index (χ4n) is 2.81. The van der Waals surface area contributed by atoms with Crippen LogP contribution >= 0.6 is 0 Å². The molecule has 0 radical (unpaired) electrons. The summed E-state index contributed by atoms with van der Waals surface area (Å²) in [4.78, 5) is 12.3. The molecule has 2 rings (SSSR count). The van der Waals surface area contributed by atoms with E-state index in [1.165, 1.54) is 12.1 Å². The van der Waals surface area contributed by atoms with Crippen molar-refractivity contribution in [1.82, 2.24) is 5.32 Å². The number of carbonyl (C=O) groups excluding carboxylic acids is 1. The number of hydrogen-bond donors (Lipinski definition) is 2. The first-order valence-corrected chi connectivity index (χ1v) is 9.62. The summed E-state index contributed by atoms with van der Waals surface area (Å²) in [6.45, 7) is 6.50. The zero-order valence-corrected chi connectivity index (χ0v) is 17.2. The predicted molar refractivity (Wildman–Crippen MR) is 109 cm³/mol. The number of anilines is 1. The second-order valence-corrected chi connectivity index (χ2v) is 7.27. The first-order valence-electron chi connectivity index (χ1n) is 9.62. The molecule has 0 spiro atoms. The van der Waals surface area contributed by atoms with E-state index in [4.69, 9.17) is 9.47 Å². The van der Waals surface area contributed by atoms with Gasteiger partial charge in [-0.15, -0.1) is 0 Å². The average molecular weight is 406 g/mol. The lowest BCUT2D eigenvalue weighted by Crippen LogP contribution is -2.31. The van der Waals surface area contributed by atoms with E-state index in [-0.39, 0.29) is 0 Å². The van der Waals surface area contributed by atoms with E-state index in [1.54, 1.807) is 32.2 Å². The molecule has 1 atom stereocenters. The molecule has 0 saturated carbocycles. The minimum Gasteiger partial charge on any atom is -0.493 e. The van der Waals surface area contributed by atoms with Crippen molar-refractivity contribution >= 4 is 11.7 Å². The highest BCUT2D eigenvalue weighted by molar-refractivity contribution is 5.89. The molecule has 7 heteroatoms. The van der Waals surface area contributed by atoms with Crippen LogP contribution in [0.15, 0.2) is 36.4 Å². The summed E-state index contributed by atoms with van der Waals surface area (Å²) in [5.41, 5.74) is 0.848. The van der Waals surface area contributed by atoms with Crippen LogP contribution in [0.3, 0.4) is 0 Å². The number of methoxy groups -OCH3 is 1. The molecule has 0 heterocycles. The van der Waals surface area contributed by atoms with Crippen LogP contribution in [0, 0.1) is 17.6 Å². The number of rotatable bonds is 9. The van der Waals surface area contributed by atoms with Crippen LogP contribution in [-0.4, -0.2) is 19.7 Å². The van der Waals surface area contributed by atoms with Gasteiger partial charge < -0.3 is 20.1 Å². The smallest absolute Gasteiger partial charge is 0.319 e. The molecule has 0 aliphatic rings. The second kappa shape index (κ2) is 10.6. The third-order valence-corrected chi connectivity index (χ3v) is 4.34. The number of urea groups is 1. The highest BCUT2D eigenvalue weighted by Gasteiger charge is 2.13. The van der Waals surface area contributed by atoms with Crippen LogP contribution in [0.2, 0.25) is 0 Å². The van der Waals surface area contributed by atoms with Crippen LogP contribution in [-0.2, 0) is 0 Å². The van der Waals surface area contributed by atoms with Gasteiger partial charge in [-0.05, 0) is 55.5 Å². The lowest BCUT2D eigenvalue weighted by Gasteiger charge is -2.17. The summed E-state index contributed by atoms with van der Waals surface area (Å²) in [7, 11) is 1.55. The highest BCUT2D eigenvalue weighted by atomic mass is 19.1. The van der Waals surface area contributed by atoms with Crippen LogP contribution in [0.25, 0.3) is 0 Å². The quantitative estimate of drug-likeness (QED) is 0.528. The van der Waals surface area contributed by atoms with E-state index in [2.05, 4.69) is 24.5 Å². The Hall–Kier alpha value is -2.83. The number of ether oxygens (including phenoxy) is 2. The molecule has 2 N–H and O–H groups in total. The molecule has 2 amide bonds. The number of hydrogen-bond acceptors (Lipinski definition) is 3. The van der Waals surface area contributed by atoms with Crippen molar-refractivity contribution in [2.75, 3.05) is 19.0 Å². The Morgan fingerprint density at radius 2 is 1.72 bits per heavy atom. The van der Waals surface area contributed by atoms with Gasteiger partial charge in [0.05, 0.1) is 19.8 Å². The summed E-state index contributed by atoms with van der Waals surface area (Å²) < 4.78 is 37.8. The van der Waals surface area contributed by atoms with Crippen molar-refractivity contribution in [3.63, 3.8) is 0 Å². The highest BCUT2D eigenvalue weighted by Crippen LogP contribution is 2.30. The molecular weight excluding hydrogens is 378 g/mol. The molecule has 5 nitrogen and oxygen atoms in total. The molecule has 0 bridgehead atoms. The largest absolute Gasteiger partial charge is 0.493 e. The SMILES string of the molecule is COc1ccc(NC(=O)NC(C)c2cc(F)cc(F)c2)cc1OCCCC(C)C. The Balaban J connectivity index is 1.99. The fraction of sp³-hybridized carbons (Fsp3) is 0.409. The molecule has 0 aromatic heterocycles. The van der Waals surface area contributed by atoms with Crippen LogP contribution in [0.5, 0.6) is 11.5 Å². The normalized spacial score (nSPS) is 11.8. The van der Waals surface area contributed by atoms with E-state index in [0.29, 0.717) is 35.3 Å². The summed E-state index contributed by atoms with van der Waals surface area (Å²) in [5.74, 6) is 0.330. The van der Waals surface area contributed by atoms with Gasteiger partial charge in [0.25, 0.3) is 0 Å². The Morgan fingerprint density at radius 3 is 2.34 bits per heavy atom. The number of amides is 2. The first-order chi connectivity index (χ1) is 13.8. The maximum Gasteiger partial charge on any atom is 0.319 e. The lowest BCUT2D eigenvalue weighted by molar-refractivity contribution is 0.249. The Morgan fingerprint density at radius 1 is 1.03 bits per heavy atom. The molecule has 2 aromatic carbocycles. The van der Waals surface area contributed by atoms with E-state index in [0.717, 1.165) is 18.9 Å². The maximum atomic E-state index is 13.4. The zero-order chi connectivity index (χ0) is 21.4. The topological polar surface area (TPSA) is 59.6 Å². The molecule has 2 aromatic rings. The van der Waals surface area contributed by atoms with Gasteiger partial charge in [-0.2, -0.15) is 0 Å². The second-order valence-electron chi connectivity index (χ2n) is 7.27. The first kappa shape index (κ1) is 22.5. The van der Waals surface area contributed by atoms with Crippen molar-refractivity contribution in [1.29, 1.82) is 0 Å². The monoisotopic (exact) mass is 406 g/mol. The number of halogens is 2. The Kier molecular flexibility index (Phi) is 8.24. The number of benzene rings is 2. The lowest BCUT2D eigenvalue weighted by atomic mass is 10.1. The molecule has 158 valence electrons. The summed E-state index contributed by atoms with van der Waals surface area (Å²) >= 11 is 0. The Labute approximate surface area is 170 Å². The molecular formula is C22H28F2N2O3. The molecule has 29 heavy (non-hydrogen) atoms. The van der Waals surface area contributed by atoms with Crippen LogP contribution in [0.1, 0.15) is 45.2 Å². The van der Waals surface area contributed by atoms with Crippen molar-refractivity contribution in [3.8, 4) is 11.5 Å². The van der Waals surface area contributed by atoms with Gasteiger partial charge in [0.1, 0.15) is 11.6 Å². The third-order valence-electron chi connectivity index (χ3n) is 4.34. The minimum absolute atomic E-state index is 0.335. The minimum atomic E-state index is -0.691. The average Bonchev–Trinajstić information content (AvgIpc) is 2.64. The standard InChI is InChI=1S/C22H28F2N2O3/c1-14(2)6-5-9-29-21-13-19(7-8-20(21)28-4)26-22(27)25-15(3)16-10-17(23)12-18(24)11-16/h7-8,10-15H,5-6,9H2,1-4H3,(H2,25,26,27). The summed E-state index contributed by atoms with van der Waals surface area (Å²) in [5, 5.41) is 5.36. The third kappa shape index (κ3) is 7.25. The zero-order valence-electron chi connectivity index (χ0n) is 17.2. The van der Waals surface area contributed by atoms with E-state index >= 15 is 0 Å². The fourth-order valence-corrected chi connectivity index (χ4v) is 2.81. The van der Waals surface area contributed by atoms with E-state index < -0.39 is 23.7 Å².